The summed E-state index contributed by atoms with van der Waals surface area (Å²) in [6.45, 7) is 12.7. The fraction of sp³-hybridized carbons (Fsp3) is 0.567. The number of ether oxygens (including phenoxy) is 1. The van der Waals surface area contributed by atoms with Crippen LogP contribution in [0.25, 0.3) is 5.57 Å². The first-order chi connectivity index (χ1) is 15.4. The first-order valence-corrected chi connectivity index (χ1v) is 12.7. The van der Waals surface area contributed by atoms with Gasteiger partial charge in [0.15, 0.2) is 0 Å². The average molecular weight is 434 g/mol. The van der Waals surface area contributed by atoms with Crippen LogP contribution in [0.5, 0.6) is 0 Å². The van der Waals surface area contributed by atoms with Crippen molar-refractivity contribution in [2.45, 2.75) is 91.4 Å². The van der Waals surface area contributed by atoms with Crippen LogP contribution in [0.3, 0.4) is 0 Å². The average Bonchev–Trinajstić information content (AvgIpc) is 2.78. The fourth-order valence-electron chi connectivity index (χ4n) is 5.49. The number of pyridine rings is 1. The van der Waals surface area contributed by atoms with Crippen molar-refractivity contribution in [3.63, 3.8) is 0 Å². The van der Waals surface area contributed by atoms with Gasteiger partial charge in [-0.1, -0.05) is 76.7 Å². The molecule has 0 saturated heterocycles. The second-order valence-electron chi connectivity index (χ2n) is 10.1. The lowest BCUT2D eigenvalue weighted by Gasteiger charge is -2.26. The Bertz CT molecular complexity index is 882. The summed E-state index contributed by atoms with van der Waals surface area (Å²) in [5, 5.41) is 0. The Hall–Kier alpha value is -2.09. The van der Waals surface area contributed by atoms with Gasteiger partial charge in [-0.3, -0.25) is 4.98 Å². The molecule has 1 fully saturated rings. The maximum absolute atomic E-state index is 5.53. The van der Waals surface area contributed by atoms with Crippen molar-refractivity contribution in [3.05, 3.63) is 70.8 Å². The lowest BCUT2D eigenvalue weighted by atomic mass is 9.81. The molecule has 1 aromatic rings. The molecule has 0 amide bonds. The Kier molecular flexibility index (Phi) is 8.96. The zero-order valence-electron chi connectivity index (χ0n) is 21.0. The van der Waals surface area contributed by atoms with E-state index < -0.39 is 0 Å². The number of allylic oxidation sites excluding steroid dienone is 7. The monoisotopic (exact) mass is 433 g/mol. The molecule has 2 aliphatic rings. The summed E-state index contributed by atoms with van der Waals surface area (Å²) in [4.78, 5) is 5.05. The standard InChI is InChI=1S/C30H43NO/c1-21(2)29(24(5)32-6)27-19-23(4)30(31-20-27)28(26-17-15-22(3)16-18-26)14-10-13-25-11-8-7-9-12-25/h15,17-20,22,25,28H,1,7-14,16H2,2-6H3/b29-24+. The Morgan fingerprint density at radius 1 is 1.22 bits per heavy atom. The Morgan fingerprint density at radius 3 is 2.56 bits per heavy atom. The van der Waals surface area contributed by atoms with Gasteiger partial charge in [0.25, 0.3) is 0 Å². The molecular formula is C30H43NO. The van der Waals surface area contributed by atoms with Gasteiger partial charge in [0.05, 0.1) is 12.8 Å². The summed E-state index contributed by atoms with van der Waals surface area (Å²) >= 11 is 0. The number of aryl methyl sites for hydroxylation is 1. The number of hydrogen-bond donors (Lipinski definition) is 0. The van der Waals surface area contributed by atoms with E-state index in [1.54, 1.807) is 7.11 Å². The molecule has 0 bridgehead atoms. The van der Waals surface area contributed by atoms with Crippen LogP contribution in [0.15, 0.2) is 54.0 Å². The first kappa shape index (κ1) is 24.6. The third-order valence-corrected chi connectivity index (χ3v) is 7.40. The van der Waals surface area contributed by atoms with Crippen LogP contribution in [0.1, 0.15) is 101 Å². The lowest BCUT2D eigenvalue weighted by molar-refractivity contribution is 0.296. The number of nitrogens with zero attached hydrogens (tertiary/aromatic N) is 1. The van der Waals surface area contributed by atoms with Gasteiger partial charge in [-0.15, -0.1) is 0 Å². The minimum Gasteiger partial charge on any atom is -0.501 e. The van der Waals surface area contributed by atoms with Crippen LogP contribution in [-0.2, 0) is 4.74 Å². The van der Waals surface area contributed by atoms with Crippen LogP contribution in [0.2, 0.25) is 0 Å². The predicted octanol–water partition coefficient (Wildman–Crippen LogP) is 8.70. The largest absolute Gasteiger partial charge is 0.501 e. The van der Waals surface area contributed by atoms with Crippen molar-refractivity contribution in [2.24, 2.45) is 11.8 Å². The highest BCUT2D eigenvalue weighted by atomic mass is 16.5. The molecule has 1 heterocycles. The molecule has 0 radical (unpaired) electrons. The second-order valence-corrected chi connectivity index (χ2v) is 10.1. The molecule has 2 atom stereocenters. The molecule has 2 aliphatic carbocycles. The summed E-state index contributed by atoms with van der Waals surface area (Å²) in [6, 6.07) is 2.28. The Labute approximate surface area is 196 Å². The lowest BCUT2D eigenvalue weighted by Crippen LogP contribution is -2.11. The minimum atomic E-state index is 0.386. The predicted molar refractivity (Wildman–Crippen MR) is 138 cm³/mol. The quantitative estimate of drug-likeness (QED) is 0.287. The topological polar surface area (TPSA) is 22.1 Å². The second kappa shape index (κ2) is 11.7. The summed E-state index contributed by atoms with van der Waals surface area (Å²) < 4.78 is 5.53. The van der Waals surface area contributed by atoms with E-state index in [1.165, 1.54) is 68.2 Å². The van der Waals surface area contributed by atoms with Crippen LogP contribution >= 0.6 is 0 Å². The minimum absolute atomic E-state index is 0.386. The zero-order valence-corrected chi connectivity index (χ0v) is 21.0. The maximum Gasteiger partial charge on any atom is 0.101 e. The number of rotatable bonds is 9. The fourth-order valence-corrected chi connectivity index (χ4v) is 5.49. The van der Waals surface area contributed by atoms with Crippen molar-refractivity contribution in [3.8, 4) is 0 Å². The van der Waals surface area contributed by atoms with Gasteiger partial charge < -0.3 is 4.74 Å². The van der Waals surface area contributed by atoms with Gasteiger partial charge in [-0.25, -0.2) is 0 Å². The van der Waals surface area contributed by atoms with Crippen LogP contribution < -0.4 is 0 Å². The van der Waals surface area contributed by atoms with Gasteiger partial charge in [0.1, 0.15) is 5.76 Å². The van der Waals surface area contributed by atoms with Crippen LogP contribution in [0, 0.1) is 18.8 Å². The van der Waals surface area contributed by atoms with E-state index >= 15 is 0 Å². The number of aromatic nitrogens is 1. The molecule has 0 N–H and O–H groups in total. The van der Waals surface area contributed by atoms with Crippen molar-refractivity contribution in [1.29, 1.82) is 0 Å². The Balaban J connectivity index is 1.85. The van der Waals surface area contributed by atoms with E-state index in [4.69, 9.17) is 9.72 Å². The third-order valence-electron chi connectivity index (χ3n) is 7.40. The maximum atomic E-state index is 5.53. The summed E-state index contributed by atoms with van der Waals surface area (Å²) in [7, 11) is 1.72. The normalized spacial score (nSPS) is 21.0. The SMILES string of the molecule is C=C(C)/C(=C(/C)OC)c1cnc(C(CCCC2CCCCC2)C2=CCC(C)C=C2)c(C)c1. The highest BCUT2D eigenvalue weighted by molar-refractivity contribution is 5.79. The van der Waals surface area contributed by atoms with Gasteiger partial charge >= 0.3 is 0 Å². The van der Waals surface area contributed by atoms with E-state index in [2.05, 4.69) is 44.7 Å². The van der Waals surface area contributed by atoms with Crippen LogP contribution in [-0.4, -0.2) is 12.1 Å². The van der Waals surface area contributed by atoms with Crippen LogP contribution in [0.4, 0.5) is 0 Å². The smallest absolute Gasteiger partial charge is 0.101 e. The number of methoxy groups -OCH3 is 1. The molecule has 2 heteroatoms. The molecular weight excluding hydrogens is 390 g/mol. The van der Waals surface area contributed by atoms with Gasteiger partial charge in [-0.05, 0) is 68.2 Å². The molecule has 0 spiro atoms. The zero-order chi connectivity index (χ0) is 23.1. The van der Waals surface area contributed by atoms with Gasteiger partial charge in [0.2, 0.25) is 0 Å². The molecule has 0 aromatic carbocycles. The van der Waals surface area contributed by atoms with Crippen molar-refractivity contribution < 1.29 is 4.74 Å². The van der Waals surface area contributed by atoms with Gasteiger partial charge in [-0.2, -0.15) is 0 Å². The summed E-state index contributed by atoms with van der Waals surface area (Å²) in [5.41, 5.74) is 7.13. The highest BCUT2D eigenvalue weighted by Crippen LogP contribution is 2.37. The van der Waals surface area contributed by atoms with Crippen molar-refractivity contribution >= 4 is 5.57 Å². The molecule has 2 unspecified atom stereocenters. The summed E-state index contributed by atoms with van der Waals surface area (Å²) in [5.74, 6) is 2.86. The van der Waals surface area contributed by atoms with Crippen molar-refractivity contribution in [1.82, 2.24) is 4.98 Å². The molecule has 174 valence electrons. The summed E-state index contributed by atoms with van der Waals surface area (Å²) in [6.07, 6.45) is 21.4. The van der Waals surface area contributed by atoms with Crippen molar-refractivity contribution in [2.75, 3.05) is 7.11 Å². The van der Waals surface area contributed by atoms with Gasteiger partial charge in [0, 0.05) is 23.3 Å². The van der Waals surface area contributed by atoms with E-state index in [1.807, 2.05) is 20.0 Å². The van der Waals surface area contributed by atoms with E-state index in [9.17, 15) is 0 Å². The van der Waals surface area contributed by atoms with E-state index in [0.29, 0.717) is 11.8 Å². The Morgan fingerprint density at radius 2 is 1.97 bits per heavy atom. The molecule has 3 rings (SSSR count). The highest BCUT2D eigenvalue weighted by Gasteiger charge is 2.22. The third kappa shape index (κ3) is 6.24. The molecule has 32 heavy (non-hydrogen) atoms. The number of hydrogen-bond acceptors (Lipinski definition) is 2. The molecule has 1 saturated carbocycles. The van der Waals surface area contributed by atoms with E-state index in [-0.39, 0.29) is 0 Å². The van der Waals surface area contributed by atoms with E-state index in [0.717, 1.165) is 34.8 Å². The molecule has 0 aliphatic heterocycles. The molecule has 1 aromatic heterocycles. The first-order valence-electron chi connectivity index (χ1n) is 12.7. The molecule has 2 nitrogen and oxygen atoms in total.